The molecule has 112 valence electrons. The summed E-state index contributed by atoms with van der Waals surface area (Å²) in [4.78, 5) is 11.6. The van der Waals surface area contributed by atoms with Crippen LogP contribution in [0.2, 0.25) is 0 Å². The van der Waals surface area contributed by atoms with Gasteiger partial charge in [-0.1, -0.05) is 6.07 Å². The Morgan fingerprint density at radius 3 is 3.05 bits per heavy atom. The van der Waals surface area contributed by atoms with E-state index >= 15 is 0 Å². The van der Waals surface area contributed by atoms with E-state index in [1.807, 2.05) is 0 Å². The van der Waals surface area contributed by atoms with Gasteiger partial charge in [0.2, 0.25) is 0 Å². The molecule has 4 nitrogen and oxygen atoms in total. The molecule has 0 aromatic heterocycles. The van der Waals surface area contributed by atoms with E-state index in [-0.39, 0.29) is 30.7 Å². The van der Waals surface area contributed by atoms with Gasteiger partial charge in [-0.15, -0.1) is 12.4 Å². The third-order valence-electron chi connectivity index (χ3n) is 3.15. The molecule has 6 heteroatoms. The summed E-state index contributed by atoms with van der Waals surface area (Å²) in [5, 5.41) is 6.14. The molecule has 2 N–H and O–H groups in total. The lowest BCUT2D eigenvalue weighted by atomic mass is 10.00. The Hall–Kier alpha value is -1.33. The number of piperidine rings is 1. The Labute approximate surface area is 124 Å². The molecular formula is C14H20ClFN2O2. The molecule has 1 saturated heterocycles. The number of halogens is 2. The number of hydrogen-bond acceptors (Lipinski definition) is 3. The number of ether oxygens (including phenoxy) is 1. The third kappa shape index (κ3) is 5.75. The lowest BCUT2D eigenvalue weighted by Gasteiger charge is -2.22. The number of hydrogen-bond donors (Lipinski definition) is 2. The summed E-state index contributed by atoms with van der Waals surface area (Å²) in [7, 11) is 0. The molecule has 0 saturated carbocycles. The highest BCUT2D eigenvalue weighted by atomic mass is 35.5. The van der Waals surface area contributed by atoms with E-state index < -0.39 is 0 Å². The van der Waals surface area contributed by atoms with E-state index in [2.05, 4.69) is 10.6 Å². The normalized spacial score (nSPS) is 17.9. The van der Waals surface area contributed by atoms with Gasteiger partial charge in [0, 0.05) is 12.6 Å². The molecule has 20 heavy (non-hydrogen) atoms. The molecule has 2 rings (SSSR count). The summed E-state index contributed by atoms with van der Waals surface area (Å²) in [6.45, 7) is 2.60. The predicted octanol–water partition coefficient (Wildman–Crippen LogP) is 1.74. The Morgan fingerprint density at radius 1 is 1.50 bits per heavy atom. The van der Waals surface area contributed by atoms with Gasteiger partial charge in [0.15, 0.2) is 6.61 Å². The van der Waals surface area contributed by atoms with Gasteiger partial charge in [-0.05, 0) is 44.0 Å². The summed E-state index contributed by atoms with van der Waals surface area (Å²) in [6.07, 6.45) is 2.29. The highest BCUT2D eigenvalue weighted by molar-refractivity contribution is 5.85. The van der Waals surface area contributed by atoms with Crippen LogP contribution in [-0.2, 0) is 4.79 Å². The van der Waals surface area contributed by atoms with Gasteiger partial charge in [-0.3, -0.25) is 4.79 Å². The fourth-order valence-electron chi connectivity index (χ4n) is 2.11. The van der Waals surface area contributed by atoms with Crippen LogP contribution < -0.4 is 15.4 Å². The molecule has 1 aromatic rings. The second-order valence-electron chi connectivity index (χ2n) is 4.76. The molecule has 1 heterocycles. The summed E-state index contributed by atoms with van der Waals surface area (Å²) in [6, 6.07) is 5.78. The zero-order valence-electron chi connectivity index (χ0n) is 11.2. The van der Waals surface area contributed by atoms with Crippen LogP contribution in [0.15, 0.2) is 24.3 Å². The molecule has 1 aliphatic rings. The van der Waals surface area contributed by atoms with E-state index in [4.69, 9.17) is 4.74 Å². The van der Waals surface area contributed by atoms with Crippen LogP contribution in [0.25, 0.3) is 0 Å². The number of amides is 1. The minimum absolute atomic E-state index is 0. The summed E-state index contributed by atoms with van der Waals surface area (Å²) < 4.78 is 18.1. The van der Waals surface area contributed by atoms with Crippen molar-refractivity contribution in [1.82, 2.24) is 10.6 Å². The van der Waals surface area contributed by atoms with E-state index in [0.29, 0.717) is 18.2 Å². The van der Waals surface area contributed by atoms with Crippen molar-refractivity contribution in [1.29, 1.82) is 0 Å². The maximum atomic E-state index is 12.9. The van der Waals surface area contributed by atoms with Crippen molar-refractivity contribution in [3.05, 3.63) is 30.1 Å². The van der Waals surface area contributed by atoms with Crippen LogP contribution in [0.1, 0.15) is 12.8 Å². The monoisotopic (exact) mass is 302 g/mol. The van der Waals surface area contributed by atoms with Crippen molar-refractivity contribution >= 4 is 18.3 Å². The first-order chi connectivity index (χ1) is 9.24. The molecule has 0 radical (unpaired) electrons. The zero-order valence-corrected chi connectivity index (χ0v) is 12.0. The van der Waals surface area contributed by atoms with Crippen LogP contribution in [0.4, 0.5) is 4.39 Å². The molecule has 1 unspecified atom stereocenters. The Kier molecular flexibility index (Phi) is 7.33. The SMILES string of the molecule is Cl.O=C(COc1cccc(F)c1)NCC1CCCNC1. The fourth-order valence-corrected chi connectivity index (χ4v) is 2.11. The average Bonchev–Trinajstić information content (AvgIpc) is 2.44. The minimum Gasteiger partial charge on any atom is -0.484 e. The number of nitrogens with one attached hydrogen (secondary N) is 2. The van der Waals surface area contributed by atoms with Crippen LogP contribution in [0.5, 0.6) is 5.75 Å². The molecule has 1 atom stereocenters. The molecule has 0 aliphatic carbocycles. The highest BCUT2D eigenvalue weighted by Crippen LogP contribution is 2.11. The smallest absolute Gasteiger partial charge is 0.257 e. The summed E-state index contributed by atoms with van der Waals surface area (Å²) in [5.41, 5.74) is 0. The summed E-state index contributed by atoms with van der Waals surface area (Å²) in [5.74, 6) is 0.322. The summed E-state index contributed by atoms with van der Waals surface area (Å²) >= 11 is 0. The van der Waals surface area contributed by atoms with Gasteiger partial charge >= 0.3 is 0 Å². The van der Waals surface area contributed by atoms with Gasteiger partial charge < -0.3 is 15.4 Å². The standard InChI is InChI=1S/C14H19FN2O2.ClH/c15-12-4-1-5-13(7-12)19-10-14(18)17-9-11-3-2-6-16-8-11;/h1,4-5,7,11,16H,2-3,6,8-10H2,(H,17,18);1H. The second kappa shape index (κ2) is 8.76. The first-order valence-corrected chi connectivity index (χ1v) is 6.60. The molecule has 0 spiro atoms. The quantitative estimate of drug-likeness (QED) is 0.871. The molecule has 1 aromatic carbocycles. The van der Waals surface area contributed by atoms with Crippen molar-refractivity contribution < 1.29 is 13.9 Å². The number of benzene rings is 1. The van der Waals surface area contributed by atoms with Crippen molar-refractivity contribution in [3.8, 4) is 5.75 Å². The highest BCUT2D eigenvalue weighted by Gasteiger charge is 2.13. The van der Waals surface area contributed by atoms with Crippen LogP contribution in [0.3, 0.4) is 0 Å². The maximum Gasteiger partial charge on any atom is 0.257 e. The van der Waals surface area contributed by atoms with Gasteiger partial charge in [0.1, 0.15) is 11.6 Å². The topological polar surface area (TPSA) is 50.4 Å². The van der Waals surface area contributed by atoms with Crippen molar-refractivity contribution in [2.75, 3.05) is 26.2 Å². The van der Waals surface area contributed by atoms with Crippen LogP contribution >= 0.6 is 12.4 Å². The molecule has 1 aliphatic heterocycles. The van der Waals surface area contributed by atoms with Crippen molar-refractivity contribution in [2.24, 2.45) is 5.92 Å². The first-order valence-electron chi connectivity index (χ1n) is 6.60. The first kappa shape index (κ1) is 16.7. The van der Waals surface area contributed by atoms with Gasteiger partial charge in [-0.25, -0.2) is 4.39 Å². The minimum atomic E-state index is -0.369. The molecule has 1 amide bonds. The molecule has 1 fully saturated rings. The molecule has 0 bridgehead atoms. The average molecular weight is 303 g/mol. The van der Waals surface area contributed by atoms with E-state index in [0.717, 1.165) is 25.9 Å². The van der Waals surface area contributed by atoms with E-state index in [1.165, 1.54) is 12.1 Å². The second-order valence-corrected chi connectivity index (χ2v) is 4.76. The zero-order chi connectivity index (χ0) is 13.5. The number of carbonyl (C=O) groups excluding carboxylic acids is 1. The Morgan fingerprint density at radius 2 is 2.35 bits per heavy atom. The van der Waals surface area contributed by atoms with Gasteiger partial charge in [0.05, 0.1) is 0 Å². The van der Waals surface area contributed by atoms with Crippen LogP contribution in [-0.4, -0.2) is 32.1 Å². The number of rotatable bonds is 5. The largest absolute Gasteiger partial charge is 0.484 e. The van der Waals surface area contributed by atoms with Crippen LogP contribution in [0, 0.1) is 11.7 Å². The lowest BCUT2D eigenvalue weighted by molar-refractivity contribution is -0.123. The predicted molar refractivity (Wildman–Crippen MR) is 77.7 cm³/mol. The Bertz CT molecular complexity index is 425. The van der Waals surface area contributed by atoms with E-state index in [1.54, 1.807) is 12.1 Å². The molecular weight excluding hydrogens is 283 g/mol. The van der Waals surface area contributed by atoms with Gasteiger partial charge in [-0.2, -0.15) is 0 Å². The third-order valence-corrected chi connectivity index (χ3v) is 3.15. The van der Waals surface area contributed by atoms with Gasteiger partial charge in [0.25, 0.3) is 5.91 Å². The maximum absolute atomic E-state index is 12.9. The van der Waals surface area contributed by atoms with Crippen molar-refractivity contribution in [2.45, 2.75) is 12.8 Å². The lowest BCUT2D eigenvalue weighted by Crippen LogP contribution is -2.39. The number of carbonyl (C=O) groups is 1. The fraction of sp³-hybridized carbons (Fsp3) is 0.500. The van der Waals surface area contributed by atoms with Crippen molar-refractivity contribution in [3.63, 3.8) is 0 Å². The van der Waals surface area contributed by atoms with E-state index in [9.17, 15) is 9.18 Å². The Balaban J connectivity index is 0.00000200.